The first kappa shape index (κ1) is 10.7. The van der Waals surface area contributed by atoms with Crippen molar-refractivity contribution in [1.29, 1.82) is 0 Å². The maximum Gasteiger partial charge on any atom is 0.309 e. The van der Waals surface area contributed by atoms with Crippen LogP contribution in [0.3, 0.4) is 0 Å². The predicted octanol–water partition coefficient (Wildman–Crippen LogP) is 0.669. The molecular formula is C8H12O4. The van der Waals surface area contributed by atoms with Crippen LogP contribution in [0.4, 0.5) is 0 Å². The molecule has 0 aromatic rings. The highest BCUT2D eigenvalue weighted by atomic mass is 16.5. The summed E-state index contributed by atoms with van der Waals surface area (Å²) < 4.78 is 9.15. The third kappa shape index (κ3) is 6.80. The van der Waals surface area contributed by atoms with Gasteiger partial charge in [-0.3, -0.25) is 9.59 Å². The quantitative estimate of drug-likeness (QED) is 0.451. The molecule has 12 heavy (non-hydrogen) atoms. The normalized spacial score (nSPS) is 8.75. The van der Waals surface area contributed by atoms with Crippen LogP contribution in [0.15, 0.2) is 12.7 Å². The fraction of sp³-hybridized carbons (Fsp3) is 0.500. The molecule has 0 aromatic heterocycles. The summed E-state index contributed by atoms with van der Waals surface area (Å²) in [6, 6.07) is 0. The molecule has 0 amide bonds. The van der Waals surface area contributed by atoms with Gasteiger partial charge < -0.3 is 9.47 Å². The van der Waals surface area contributed by atoms with Gasteiger partial charge in [-0.1, -0.05) is 12.7 Å². The highest BCUT2D eigenvalue weighted by molar-refractivity contribution is 5.70. The monoisotopic (exact) mass is 172 g/mol. The van der Waals surface area contributed by atoms with Gasteiger partial charge in [0, 0.05) is 6.92 Å². The standard InChI is InChI=1S/C8H12O4/c1-3-5-12-8(10)4-6-11-7(2)9/h3H,1,4-6H2,2H3. The van der Waals surface area contributed by atoms with Crippen LogP contribution in [-0.4, -0.2) is 25.2 Å². The van der Waals surface area contributed by atoms with E-state index in [2.05, 4.69) is 16.1 Å². The Labute approximate surface area is 71.2 Å². The summed E-state index contributed by atoms with van der Waals surface area (Å²) in [6.07, 6.45) is 1.57. The Morgan fingerprint density at radius 1 is 1.42 bits per heavy atom. The molecule has 0 saturated heterocycles. The number of rotatable bonds is 5. The maximum absolute atomic E-state index is 10.7. The van der Waals surface area contributed by atoms with Gasteiger partial charge in [-0.25, -0.2) is 0 Å². The molecule has 68 valence electrons. The molecule has 0 radical (unpaired) electrons. The summed E-state index contributed by atoms with van der Waals surface area (Å²) in [4.78, 5) is 21.0. The van der Waals surface area contributed by atoms with Crippen molar-refractivity contribution >= 4 is 11.9 Å². The number of esters is 2. The molecule has 0 bridgehead atoms. The van der Waals surface area contributed by atoms with Gasteiger partial charge in [0.1, 0.15) is 13.2 Å². The fourth-order valence-corrected chi connectivity index (χ4v) is 0.502. The van der Waals surface area contributed by atoms with Crippen molar-refractivity contribution in [3.8, 4) is 0 Å². The largest absolute Gasteiger partial charge is 0.465 e. The second-order valence-corrected chi connectivity index (χ2v) is 2.06. The molecule has 0 rings (SSSR count). The van der Waals surface area contributed by atoms with Gasteiger partial charge in [-0.05, 0) is 0 Å². The van der Waals surface area contributed by atoms with E-state index < -0.39 is 11.9 Å². The van der Waals surface area contributed by atoms with Crippen LogP contribution in [0.2, 0.25) is 0 Å². The minimum atomic E-state index is -0.397. The summed E-state index contributed by atoms with van der Waals surface area (Å²) >= 11 is 0. The lowest BCUT2D eigenvalue weighted by atomic mass is 10.5. The minimum Gasteiger partial charge on any atom is -0.465 e. The molecular weight excluding hydrogens is 160 g/mol. The molecule has 4 heteroatoms. The van der Waals surface area contributed by atoms with Gasteiger partial charge in [0.2, 0.25) is 0 Å². The van der Waals surface area contributed by atoms with Crippen LogP contribution < -0.4 is 0 Å². The van der Waals surface area contributed by atoms with Crippen LogP contribution in [0.1, 0.15) is 13.3 Å². The number of hydrogen-bond acceptors (Lipinski definition) is 4. The number of hydrogen-bond donors (Lipinski definition) is 0. The second-order valence-electron chi connectivity index (χ2n) is 2.06. The van der Waals surface area contributed by atoms with Crippen molar-refractivity contribution in [3.05, 3.63) is 12.7 Å². The van der Waals surface area contributed by atoms with Gasteiger partial charge in [0.15, 0.2) is 0 Å². The summed E-state index contributed by atoms with van der Waals surface area (Å²) in [5, 5.41) is 0. The van der Waals surface area contributed by atoms with Crippen LogP contribution in [0.5, 0.6) is 0 Å². The zero-order valence-electron chi connectivity index (χ0n) is 7.04. The first-order valence-corrected chi connectivity index (χ1v) is 3.56. The Morgan fingerprint density at radius 3 is 2.58 bits per heavy atom. The van der Waals surface area contributed by atoms with Crippen molar-refractivity contribution in [2.75, 3.05) is 13.2 Å². The Morgan fingerprint density at radius 2 is 2.08 bits per heavy atom. The molecule has 4 nitrogen and oxygen atoms in total. The molecule has 0 atom stereocenters. The van der Waals surface area contributed by atoms with E-state index in [0.29, 0.717) is 0 Å². The number of ether oxygens (including phenoxy) is 2. The number of carbonyl (C=O) groups excluding carboxylic acids is 2. The van der Waals surface area contributed by atoms with E-state index in [-0.39, 0.29) is 19.6 Å². The zero-order chi connectivity index (χ0) is 9.40. The molecule has 0 heterocycles. The molecule has 0 fully saturated rings. The average Bonchev–Trinajstić information content (AvgIpc) is 2.00. The molecule has 0 aromatic carbocycles. The minimum absolute atomic E-state index is 0.0747. The third-order valence-electron chi connectivity index (χ3n) is 0.974. The van der Waals surface area contributed by atoms with Crippen molar-refractivity contribution < 1.29 is 19.1 Å². The van der Waals surface area contributed by atoms with E-state index in [1.54, 1.807) is 0 Å². The van der Waals surface area contributed by atoms with Crippen LogP contribution in [-0.2, 0) is 19.1 Å². The SMILES string of the molecule is C=CCOC(=O)CCOC(C)=O. The van der Waals surface area contributed by atoms with Gasteiger partial charge in [-0.15, -0.1) is 0 Å². The zero-order valence-corrected chi connectivity index (χ0v) is 7.04. The van der Waals surface area contributed by atoms with Crippen LogP contribution in [0, 0.1) is 0 Å². The van der Waals surface area contributed by atoms with Crippen molar-refractivity contribution in [2.24, 2.45) is 0 Å². The Kier molecular flexibility index (Phi) is 5.69. The summed E-state index contributed by atoms with van der Waals surface area (Å²) in [5.74, 6) is -0.789. The van der Waals surface area contributed by atoms with E-state index in [1.165, 1.54) is 13.0 Å². The summed E-state index contributed by atoms with van der Waals surface area (Å²) in [6.45, 7) is 4.93. The highest BCUT2D eigenvalue weighted by Crippen LogP contribution is 1.88. The van der Waals surface area contributed by atoms with Crippen LogP contribution in [0.25, 0.3) is 0 Å². The van der Waals surface area contributed by atoms with E-state index >= 15 is 0 Å². The molecule has 0 spiro atoms. The third-order valence-corrected chi connectivity index (χ3v) is 0.974. The first-order chi connectivity index (χ1) is 5.66. The molecule has 0 aliphatic carbocycles. The first-order valence-electron chi connectivity index (χ1n) is 3.56. The topological polar surface area (TPSA) is 52.6 Å². The lowest BCUT2D eigenvalue weighted by molar-refractivity contribution is -0.147. The van der Waals surface area contributed by atoms with E-state index in [1.807, 2.05) is 0 Å². The molecule has 0 N–H and O–H groups in total. The van der Waals surface area contributed by atoms with E-state index in [0.717, 1.165) is 0 Å². The summed E-state index contributed by atoms with van der Waals surface area (Å²) in [7, 11) is 0. The van der Waals surface area contributed by atoms with E-state index in [9.17, 15) is 9.59 Å². The van der Waals surface area contributed by atoms with E-state index in [4.69, 9.17) is 0 Å². The van der Waals surface area contributed by atoms with Gasteiger partial charge in [-0.2, -0.15) is 0 Å². The maximum atomic E-state index is 10.7. The lowest BCUT2D eigenvalue weighted by Gasteiger charge is -2.01. The molecule has 0 aliphatic heterocycles. The number of carbonyl (C=O) groups is 2. The summed E-state index contributed by atoms with van der Waals surface area (Å²) in [5.41, 5.74) is 0. The second kappa shape index (κ2) is 6.39. The van der Waals surface area contributed by atoms with Gasteiger partial charge in [0.05, 0.1) is 6.42 Å². The highest BCUT2D eigenvalue weighted by Gasteiger charge is 2.02. The fourth-order valence-electron chi connectivity index (χ4n) is 0.502. The predicted molar refractivity (Wildman–Crippen MR) is 42.4 cm³/mol. The molecule has 0 aliphatic rings. The van der Waals surface area contributed by atoms with Crippen molar-refractivity contribution in [2.45, 2.75) is 13.3 Å². The average molecular weight is 172 g/mol. The lowest BCUT2D eigenvalue weighted by Crippen LogP contribution is -2.10. The Bertz CT molecular complexity index is 174. The van der Waals surface area contributed by atoms with Gasteiger partial charge >= 0.3 is 11.9 Å². The van der Waals surface area contributed by atoms with Crippen molar-refractivity contribution in [3.63, 3.8) is 0 Å². The molecule has 0 unspecified atom stereocenters. The Balaban J connectivity index is 3.31. The Hall–Kier alpha value is -1.32. The van der Waals surface area contributed by atoms with Crippen molar-refractivity contribution in [1.82, 2.24) is 0 Å². The molecule has 0 saturated carbocycles. The van der Waals surface area contributed by atoms with Gasteiger partial charge in [0.25, 0.3) is 0 Å². The van der Waals surface area contributed by atoms with Crippen LogP contribution >= 0.6 is 0 Å². The smallest absolute Gasteiger partial charge is 0.309 e.